The lowest BCUT2D eigenvalue weighted by Crippen LogP contribution is -2.22. The highest BCUT2D eigenvalue weighted by atomic mass is 35.5. The highest BCUT2D eigenvalue weighted by Crippen LogP contribution is 2.19. The highest BCUT2D eigenvalue weighted by Gasteiger charge is 2.13. The van der Waals surface area contributed by atoms with Gasteiger partial charge in [-0.25, -0.2) is 4.57 Å². The number of fused-ring (bicyclic) bond motifs is 1. The van der Waals surface area contributed by atoms with E-state index in [1.54, 1.807) is 42.5 Å². The summed E-state index contributed by atoms with van der Waals surface area (Å²) < 4.78 is 6.99. The van der Waals surface area contributed by atoms with E-state index in [-0.39, 0.29) is 18.2 Å². The Balaban J connectivity index is 2.29. The van der Waals surface area contributed by atoms with Gasteiger partial charge in [-0.05, 0) is 36.4 Å². The number of nitrogens with zero attached hydrogens (tertiary/aromatic N) is 2. The zero-order valence-corrected chi connectivity index (χ0v) is 12.5. The quantitative estimate of drug-likeness (QED) is 0.691. The molecule has 4 nitrogen and oxygen atoms in total. The summed E-state index contributed by atoms with van der Waals surface area (Å²) in [4.78, 5) is 17.2. The Hall–Kier alpha value is -2.59. The summed E-state index contributed by atoms with van der Waals surface area (Å²) in [5, 5.41) is 1.13. The Morgan fingerprint density at radius 2 is 1.91 bits per heavy atom. The molecule has 1 heterocycles. The Morgan fingerprint density at radius 1 is 1.18 bits per heavy atom. The molecule has 22 heavy (non-hydrogen) atoms. The van der Waals surface area contributed by atoms with E-state index in [1.165, 1.54) is 4.57 Å². The fourth-order valence-corrected chi connectivity index (χ4v) is 2.29. The van der Waals surface area contributed by atoms with Gasteiger partial charge in [0, 0.05) is 5.02 Å². The minimum Gasteiger partial charge on any atom is -0.460 e. The van der Waals surface area contributed by atoms with Gasteiger partial charge in [0.2, 0.25) is 0 Å². The molecule has 5 heteroatoms. The predicted molar refractivity (Wildman–Crippen MR) is 88.0 cm³/mol. The molecule has 2 aromatic carbocycles. The number of hydrogen-bond acceptors (Lipinski definition) is 3. The van der Waals surface area contributed by atoms with Crippen LogP contribution in [0.3, 0.4) is 0 Å². The molecule has 0 aliphatic rings. The second-order valence-electron chi connectivity index (χ2n) is 4.63. The summed E-state index contributed by atoms with van der Waals surface area (Å²) in [6.07, 6.45) is 1.60. The number of rotatable bonds is 4. The zero-order valence-electron chi connectivity index (χ0n) is 11.7. The van der Waals surface area contributed by atoms with Crippen molar-refractivity contribution in [2.45, 2.75) is 0 Å². The van der Waals surface area contributed by atoms with Gasteiger partial charge in [0.25, 0.3) is 5.56 Å². The Morgan fingerprint density at radius 3 is 2.64 bits per heavy atom. The monoisotopic (exact) mass is 312 g/mol. The number of hydrogen-bond donors (Lipinski definition) is 0. The molecular weight excluding hydrogens is 300 g/mol. The molecule has 0 amide bonds. The van der Waals surface area contributed by atoms with Crippen LogP contribution in [0.5, 0.6) is 6.01 Å². The van der Waals surface area contributed by atoms with Crippen LogP contribution in [0.2, 0.25) is 5.02 Å². The number of para-hydroxylation sites is 1. The van der Waals surface area contributed by atoms with E-state index in [1.807, 2.05) is 12.1 Å². The molecule has 0 saturated carbocycles. The van der Waals surface area contributed by atoms with Crippen molar-refractivity contribution >= 4 is 22.5 Å². The average Bonchev–Trinajstić information content (AvgIpc) is 2.54. The van der Waals surface area contributed by atoms with Crippen LogP contribution in [-0.4, -0.2) is 16.2 Å². The SMILES string of the molecule is C=CCOc1nc2ccccc2c(=O)n1-c1ccc(Cl)cc1. The van der Waals surface area contributed by atoms with Crippen molar-refractivity contribution in [1.82, 2.24) is 9.55 Å². The summed E-state index contributed by atoms with van der Waals surface area (Å²) in [6, 6.07) is 14.3. The molecule has 3 aromatic rings. The fourth-order valence-electron chi connectivity index (χ4n) is 2.16. The lowest BCUT2D eigenvalue weighted by molar-refractivity contribution is 0.323. The molecule has 0 spiro atoms. The summed E-state index contributed by atoms with van der Waals surface area (Å²) in [5.74, 6) is 0. The molecule has 0 aliphatic heterocycles. The van der Waals surface area contributed by atoms with Gasteiger partial charge >= 0.3 is 6.01 Å². The first-order valence-corrected chi connectivity index (χ1v) is 7.10. The number of aromatic nitrogens is 2. The zero-order chi connectivity index (χ0) is 15.5. The number of benzene rings is 2. The average molecular weight is 313 g/mol. The standard InChI is InChI=1S/C17H13ClN2O2/c1-2-11-22-17-19-15-6-4-3-5-14(15)16(21)20(17)13-9-7-12(18)8-10-13/h2-10H,1,11H2. The van der Waals surface area contributed by atoms with Gasteiger partial charge in [0.1, 0.15) is 6.61 Å². The van der Waals surface area contributed by atoms with E-state index in [0.29, 0.717) is 21.6 Å². The van der Waals surface area contributed by atoms with Crippen LogP contribution in [0.25, 0.3) is 16.6 Å². The fraction of sp³-hybridized carbons (Fsp3) is 0.0588. The third-order valence-corrected chi connectivity index (χ3v) is 3.41. The molecule has 3 rings (SSSR count). The van der Waals surface area contributed by atoms with Crippen LogP contribution in [0.4, 0.5) is 0 Å². The molecule has 0 N–H and O–H groups in total. The maximum atomic E-state index is 12.8. The Labute approximate surface area is 132 Å². The minimum atomic E-state index is -0.188. The van der Waals surface area contributed by atoms with Crippen molar-refractivity contribution in [3.63, 3.8) is 0 Å². The summed E-state index contributed by atoms with van der Waals surface area (Å²) >= 11 is 5.91. The van der Waals surface area contributed by atoms with E-state index in [4.69, 9.17) is 16.3 Å². The van der Waals surface area contributed by atoms with E-state index in [0.717, 1.165) is 0 Å². The van der Waals surface area contributed by atoms with Gasteiger partial charge in [-0.3, -0.25) is 4.79 Å². The van der Waals surface area contributed by atoms with Crippen LogP contribution in [0, 0.1) is 0 Å². The van der Waals surface area contributed by atoms with Gasteiger partial charge in [0.05, 0.1) is 16.6 Å². The molecular formula is C17H13ClN2O2. The van der Waals surface area contributed by atoms with Crippen molar-refractivity contribution in [3.8, 4) is 11.7 Å². The van der Waals surface area contributed by atoms with Crippen molar-refractivity contribution < 1.29 is 4.74 Å². The topological polar surface area (TPSA) is 44.1 Å². The maximum absolute atomic E-state index is 12.8. The lowest BCUT2D eigenvalue weighted by Gasteiger charge is -2.13. The maximum Gasteiger partial charge on any atom is 0.304 e. The van der Waals surface area contributed by atoms with Crippen LogP contribution in [-0.2, 0) is 0 Å². The van der Waals surface area contributed by atoms with E-state index in [9.17, 15) is 4.79 Å². The Bertz CT molecular complexity index is 885. The summed E-state index contributed by atoms with van der Waals surface area (Å²) in [5.41, 5.74) is 1.05. The van der Waals surface area contributed by atoms with E-state index in [2.05, 4.69) is 11.6 Å². The third kappa shape index (κ3) is 2.61. The first kappa shape index (κ1) is 14.4. The number of ether oxygens (including phenoxy) is 1. The summed E-state index contributed by atoms with van der Waals surface area (Å²) in [7, 11) is 0. The van der Waals surface area contributed by atoms with Crippen molar-refractivity contribution in [2.24, 2.45) is 0 Å². The molecule has 0 radical (unpaired) electrons. The molecule has 110 valence electrons. The second-order valence-corrected chi connectivity index (χ2v) is 5.06. The van der Waals surface area contributed by atoms with Crippen molar-refractivity contribution in [3.05, 3.63) is 76.6 Å². The first-order valence-electron chi connectivity index (χ1n) is 6.72. The van der Waals surface area contributed by atoms with Crippen LogP contribution < -0.4 is 10.3 Å². The summed E-state index contributed by atoms with van der Waals surface area (Å²) in [6.45, 7) is 3.88. The highest BCUT2D eigenvalue weighted by molar-refractivity contribution is 6.30. The molecule has 0 unspecified atom stereocenters. The third-order valence-electron chi connectivity index (χ3n) is 3.16. The second kappa shape index (κ2) is 6.03. The Kier molecular flexibility index (Phi) is 3.94. The van der Waals surface area contributed by atoms with Crippen LogP contribution in [0.15, 0.2) is 66.0 Å². The normalized spacial score (nSPS) is 10.6. The molecule has 0 saturated heterocycles. The van der Waals surface area contributed by atoms with Gasteiger partial charge in [0.15, 0.2) is 0 Å². The van der Waals surface area contributed by atoms with Gasteiger partial charge in [-0.2, -0.15) is 4.98 Å². The largest absolute Gasteiger partial charge is 0.460 e. The van der Waals surface area contributed by atoms with Crippen LogP contribution >= 0.6 is 11.6 Å². The molecule has 0 aliphatic carbocycles. The van der Waals surface area contributed by atoms with Gasteiger partial charge in [-0.15, -0.1) is 0 Å². The first-order chi connectivity index (χ1) is 10.7. The van der Waals surface area contributed by atoms with E-state index < -0.39 is 0 Å². The number of halogens is 1. The molecule has 0 bridgehead atoms. The molecule has 1 aromatic heterocycles. The molecule has 0 fully saturated rings. The van der Waals surface area contributed by atoms with Gasteiger partial charge < -0.3 is 4.74 Å². The van der Waals surface area contributed by atoms with Crippen LogP contribution in [0.1, 0.15) is 0 Å². The predicted octanol–water partition coefficient (Wildman–Crippen LogP) is 3.60. The van der Waals surface area contributed by atoms with Crippen molar-refractivity contribution in [2.75, 3.05) is 6.61 Å². The van der Waals surface area contributed by atoms with Crippen molar-refractivity contribution in [1.29, 1.82) is 0 Å². The molecule has 0 atom stereocenters. The smallest absolute Gasteiger partial charge is 0.304 e. The van der Waals surface area contributed by atoms with E-state index >= 15 is 0 Å². The van der Waals surface area contributed by atoms with Gasteiger partial charge in [-0.1, -0.05) is 36.4 Å². The minimum absolute atomic E-state index is 0.188. The lowest BCUT2D eigenvalue weighted by atomic mass is 10.2.